The second-order valence-electron chi connectivity index (χ2n) is 4.52. The first-order valence-electron chi connectivity index (χ1n) is 5.75. The van der Waals surface area contributed by atoms with Crippen LogP contribution in [0.5, 0.6) is 0 Å². The van der Waals surface area contributed by atoms with Gasteiger partial charge in [-0.2, -0.15) is 0 Å². The second-order valence-corrected chi connectivity index (χ2v) is 4.52. The van der Waals surface area contributed by atoms with Crippen molar-refractivity contribution in [3.05, 3.63) is 54.1 Å². The fourth-order valence-electron chi connectivity index (χ4n) is 1.94. The van der Waals surface area contributed by atoms with Crippen molar-refractivity contribution in [1.29, 1.82) is 0 Å². The Morgan fingerprint density at radius 3 is 2.24 bits per heavy atom. The highest BCUT2D eigenvalue weighted by molar-refractivity contribution is 5.68. The number of nitrogens with zero attached hydrogens (tertiary/aromatic N) is 1. The molecule has 0 aliphatic carbocycles. The number of anilines is 1. The van der Waals surface area contributed by atoms with Gasteiger partial charge in [0.25, 0.3) is 0 Å². The van der Waals surface area contributed by atoms with Crippen LogP contribution in [0.3, 0.4) is 0 Å². The quantitative estimate of drug-likeness (QED) is 0.815. The summed E-state index contributed by atoms with van der Waals surface area (Å²) < 4.78 is 0. The Hall–Kier alpha value is -1.80. The average molecular weight is 226 g/mol. The predicted octanol–water partition coefficient (Wildman–Crippen LogP) is 3.00. The lowest BCUT2D eigenvalue weighted by Gasteiger charge is -2.14. The molecule has 17 heavy (non-hydrogen) atoms. The molecular weight excluding hydrogens is 208 g/mol. The Kier molecular flexibility index (Phi) is 3.45. The lowest BCUT2D eigenvalue weighted by atomic mass is 9.99. The van der Waals surface area contributed by atoms with Crippen molar-refractivity contribution in [2.24, 2.45) is 0 Å². The summed E-state index contributed by atoms with van der Waals surface area (Å²) in [4.78, 5) is 2.18. The van der Waals surface area contributed by atoms with E-state index in [0.29, 0.717) is 0 Å². The van der Waals surface area contributed by atoms with Crippen LogP contribution in [0.4, 0.5) is 5.69 Å². The normalized spacial score (nSPS) is 10.8. The molecular formula is C15H18N2. The Bertz CT molecular complexity index is 487. The molecule has 88 valence electrons. The lowest BCUT2D eigenvalue weighted by Crippen LogP contribution is -2.11. The topological polar surface area (TPSA) is 29.3 Å². The summed E-state index contributed by atoms with van der Waals surface area (Å²) in [5.41, 5.74) is 10.4. The largest absolute Gasteiger partial charge is 0.399 e. The average Bonchev–Trinajstić information content (AvgIpc) is 2.30. The van der Waals surface area contributed by atoms with Crippen LogP contribution in [0.1, 0.15) is 5.56 Å². The van der Waals surface area contributed by atoms with E-state index in [1.165, 1.54) is 16.7 Å². The zero-order valence-corrected chi connectivity index (χ0v) is 10.4. The van der Waals surface area contributed by atoms with E-state index >= 15 is 0 Å². The van der Waals surface area contributed by atoms with Crippen molar-refractivity contribution in [2.75, 3.05) is 19.8 Å². The molecule has 2 aromatic carbocycles. The highest BCUT2D eigenvalue weighted by atomic mass is 15.0. The van der Waals surface area contributed by atoms with Crippen LogP contribution in [-0.2, 0) is 6.54 Å². The van der Waals surface area contributed by atoms with Gasteiger partial charge in [-0.25, -0.2) is 0 Å². The molecule has 2 rings (SSSR count). The van der Waals surface area contributed by atoms with E-state index in [1.54, 1.807) is 0 Å². The summed E-state index contributed by atoms with van der Waals surface area (Å²) in [5, 5.41) is 0. The fourth-order valence-corrected chi connectivity index (χ4v) is 1.94. The Labute approximate surface area is 103 Å². The van der Waals surface area contributed by atoms with E-state index in [9.17, 15) is 0 Å². The Balaban J connectivity index is 2.40. The molecule has 0 saturated heterocycles. The van der Waals surface area contributed by atoms with E-state index in [0.717, 1.165) is 12.2 Å². The fraction of sp³-hybridized carbons (Fsp3) is 0.200. The van der Waals surface area contributed by atoms with Crippen LogP contribution in [-0.4, -0.2) is 19.0 Å². The molecule has 2 nitrogen and oxygen atoms in total. The third-order valence-corrected chi connectivity index (χ3v) is 2.73. The van der Waals surface area contributed by atoms with Crippen LogP contribution >= 0.6 is 0 Å². The number of hydrogen-bond acceptors (Lipinski definition) is 2. The van der Waals surface area contributed by atoms with Gasteiger partial charge in [-0.15, -0.1) is 0 Å². The molecule has 0 saturated carbocycles. The predicted molar refractivity (Wildman–Crippen MR) is 73.7 cm³/mol. The van der Waals surface area contributed by atoms with Gasteiger partial charge in [0.2, 0.25) is 0 Å². The van der Waals surface area contributed by atoms with E-state index in [2.05, 4.69) is 55.4 Å². The van der Waals surface area contributed by atoms with Crippen molar-refractivity contribution in [2.45, 2.75) is 6.54 Å². The summed E-state index contributed by atoms with van der Waals surface area (Å²) in [5.74, 6) is 0. The third kappa shape index (κ3) is 2.86. The molecule has 0 amide bonds. The minimum atomic E-state index is 0.804. The van der Waals surface area contributed by atoms with Gasteiger partial charge in [-0.1, -0.05) is 36.4 Å². The lowest BCUT2D eigenvalue weighted by molar-refractivity contribution is 0.403. The van der Waals surface area contributed by atoms with E-state index in [4.69, 9.17) is 5.73 Å². The zero-order valence-electron chi connectivity index (χ0n) is 10.4. The maximum Gasteiger partial charge on any atom is 0.0314 e. The van der Waals surface area contributed by atoms with Crippen LogP contribution in [0.2, 0.25) is 0 Å². The van der Waals surface area contributed by atoms with E-state index < -0.39 is 0 Å². The number of hydrogen-bond donors (Lipinski definition) is 1. The number of nitrogen functional groups attached to an aromatic ring is 1. The first kappa shape index (κ1) is 11.7. The standard InChI is InChI=1S/C15H18N2/c1-17(2)11-13-5-3-4-6-15(13)12-7-9-14(16)10-8-12/h3-10H,11,16H2,1-2H3. The van der Waals surface area contributed by atoms with E-state index in [1.807, 2.05) is 12.1 Å². The molecule has 0 atom stereocenters. The molecule has 0 aliphatic rings. The minimum Gasteiger partial charge on any atom is -0.399 e. The Morgan fingerprint density at radius 1 is 0.941 bits per heavy atom. The van der Waals surface area contributed by atoms with Crippen LogP contribution in [0.15, 0.2) is 48.5 Å². The second kappa shape index (κ2) is 5.02. The van der Waals surface area contributed by atoms with Crippen molar-refractivity contribution >= 4 is 5.69 Å². The molecule has 0 unspecified atom stereocenters. The highest BCUT2D eigenvalue weighted by Gasteiger charge is 2.04. The van der Waals surface area contributed by atoms with Gasteiger partial charge >= 0.3 is 0 Å². The van der Waals surface area contributed by atoms with Gasteiger partial charge in [0.1, 0.15) is 0 Å². The van der Waals surface area contributed by atoms with Crippen molar-refractivity contribution in [3.63, 3.8) is 0 Å². The number of benzene rings is 2. The molecule has 0 aromatic heterocycles. The molecule has 2 N–H and O–H groups in total. The molecule has 0 spiro atoms. The maximum atomic E-state index is 5.72. The Morgan fingerprint density at radius 2 is 1.59 bits per heavy atom. The molecule has 0 heterocycles. The first-order chi connectivity index (χ1) is 8.16. The van der Waals surface area contributed by atoms with Gasteiger partial charge in [0, 0.05) is 12.2 Å². The minimum absolute atomic E-state index is 0.804. The van der Waals surface area contributed by atoms with E-state index in [-0.39, 0.29) is 0 Å². The van der Waals surface area contributed by atoms with Crippen LogP contribution < -0.4 is 5.73 Å². The molecule has 0 aliphatic heterocycles. The smallest absolute Gasteiger partial charge is 0.0314 e. The summed E-state index contributed by atoms with van der Waals surface area (Å²) in [6, 6.07) is 16.5. The van der Waals surface area contributed by atoms with Crippen LogP contribution in [0.25, 0.3) is 11.1 Å². The molecule has 0 bridgehead atoms. The summed E-state index contributed by atoms with van der Waals surface area (Å²) >= 11 is 0. The number of nitrogens with two attached hydrogens (primary N) is 1. The summed E-state index contributed by atoms with van der Waals surface area (Å²) in [6.45, 7) is 0.945. The monoisotopic (exact) mass is 226 g/mol. The zero-order chi connectivity index (χ0) is 12.3. The van der Waals surface area contributed by atoms with Gasteiger partial charge in [-0.3, -0.25) is 0 Å². The van der Waals surface area contributed by atoms with Gasteiger partial charge in [0.05, 0.1) is 0 Å². The van der Waals surface area contributed by atoms with Crippen molar-refractivity contribution < 1.29 is 0 Å². The third-order valence-electron chi connectivity index (χ3n) is 2.73. The molecule has 2 heteroatoms. The van der Waals surface area contributed by atoms with Crippen molar-refractivity contribution in [3.8, 4) is 11.1 Å². The first-order valence-corrected chi connectivity index (χ1v) is 5.75. The van der Waals surface area contributed by atoms with Gasteiger partial charge in [-0.05, 0) is 42.9 Å². The molecule has 0 radical (unpaired) electrons. The maximum absolute atomic E-state index is 5.72. The molecule has 0 fully saturated rings. The van der Waals surface area contributed by atoms with Gasteiger partial charge < -0.3 is 10.6 Å². The SMILES string of the molecule is CN(C)Cc1ccccc1-c1ccc(N)cc1. The highest BCUT2D eigenvalue weighted by Crippen LogP contribution is 2.25. The number of rotatable bonds is 3. The summed E-state index contributed by atoms with van der Waals surface area (Å²) in [7, 11) is 4.17. The van der Waals surface area contributed by atoms with Gasteiger partial charge in [0.15, 0.2) is 0 Å². The molecule has 2 aromatic rings. The van der Waals surface area contributed by atoms with Crippen LogP contribution in [0, 0.1) is 0 Å². The summed E-state index contributed by atoms with van der Waals surface area (Å²) in [6.07, 6.45) is 0. The van der Waals surface area contributed by atoms with Crippen molar-refractivity contribution in [1.82, 2.24) is 4.90 Å².